The van der Waals surface area contributed by atoms with Crippen LogP contribution in [0.3, 0.4) is 0 Å². The van der Waals surface area contributed by atoms with Crippen LogP contribution in [0.1, 0.15) is 39.5 Å². The first-order valence-corrected chi connectivity index (χ1v) is 8.13. The van der Waals surface area contributed by atoms with Crippen molar-refractivity contribution in [2.24, 2.45) is 5.41 Å². The highest BCUT2D eigenvalue weighted by atomic mass is 79.9. The molecule has 0 aliphatic heterocycles. The van der Waals surface area contributed by atoms with E-state index in [9.17, 15) is 5.11 Å². The SMILES string of the molecule is CC1(C)CCC(O)(CNc2nc3c(Br)cccn3n2)CC1. The number of pyridine rings is 1. The molecule has 0 radical (unpaired) electrons. The monoisotopic (exact) mass is 352 g/mol. The molecule has 2 N–H and O–H groups in total. The number of hydrogen-bond acceptors (Lipinski definition) is 4. The minimum absolute atomic E-state index is 0.346. The first kappa shape index (κ1) is 14.8. The molecule has 2 aromatic heterocycles. The van der Waals surface area contributed by atoms with Gasteiger partial charge in [-0.05, 0) is 59.2 Å². The summed E-state index contributed by atoms with van der Waals surface area (Å²) in [7, 11) is 0. The number of fused-ring (bicyclic) bond motifs is 1. The van der Waals surface area contributed by atoms with Crippen LogP contribution in [0.25, 0.3) is 5.65 Å². The van der Waals surface area contributed by atoms with Crippen LogP contribution in [0, 0.1) is 5.41 Å². The molecule has 0 amide bonds. The van der Waals surface area contributed by atoms with Crippen LogP contribution in [-0.2, 0) is 0 Å². The molecule has 5 nitrogen and oxygen atoms in total. The maximum atomic E-state index is 10.7. The zero-order valence-corrected chi connectivity index (χ0v) is 14.0. The van der Waals surface area contributed by atoms with Crippen molar-refractivity contribution in [3.8, 4) is 0 Å². The van der Waals surface area contributed by atoms with Crippen molar-refractivity contribution in [3.63, 3.8) is 0 Å². The molecule has 2 aromatic rings. The molecule has 6 heteroatoms. The molecule has 0 unspecified atom stereocenters. The fraction of sp³-hybridized carbons (Fsp3) is 0.600. The lowest BCUT2D eigenvalue weighted by Gasteiger charge is -2.40. The first-order valence-electron chi connectivity index (χ1n) is 7.34. The molecular formula is C15H21BrN4O. The molecule has 0 spiro atoms. The molecule has 0 saturated heterocycles. The minimum atomic E-state index is -0.649. The second-order valence-corrected chi connectivity index (χ2v) is 7.66. The number of halogens is 1. The van der Waals surface area contributed by atoms with Crippen molar-refractivity contribution < 1.29 is 5.11 Å². The highest BCUT2D eigenvalue weighted by Gasteiger charge is 2.36. The highest BCUT2D eigenvalue weighted by molar-refractivity contribution is 9.10. The number of rotatable bonds is 3. The van der Waals surface area contributed by atoms with Crippen molar-refractivity contribution in [3.05, 3.63) is 22.8 Å². The Bertz CT molecular complexity index is 642. The minimum Gasteiger partial charge on any atom is -0.388 e. The van der Waals surface area contributed by atoms with Gasteiger partial charge < -0.3 is 10.4 Å². The fourth-order valence-corrected chi connectivity index (χ4v) is 3.18. The van der Waals surface area contributed by atoms with E-state index in [1.165, 1.54) is 0 Å². The van der Waals surface area contributed by atoms with Crippen molar-refractivity contribution in [1.82, 2.24) is 14.6 Å². The van der Waals surface area contributed by atoms with E-state index in [2.05, 4.69) is 45.2 Å². The van der Waals surface area contributed by atoms with Gasteiger partial charge in [-0.3, -0.25) is 0 Å². The predicted octanol–water partition coefficient (Wildman–Crippen LogP) is 3.24. The molecular weight excluding hydrogens is 332 g/mol. The summed E-state index contributed by atoms with van der Waals surface area (Å²) in [5, 5.41) is 18.2. The summed E-state index contributed by atoms with van der Waals surface area (Å²) < 4.78 is 2.63. The lowest BCUT2D eigenvalue weighted by Crippen LogP contribution is -2.42. The maximum absolute atomic E-state index is 10.7. The topological polar surface area (TPSA) is 62.5 Å². The average Bonchev–Trinajstić information content (AvgIpc) is 2.86. The molecule has 1 aliphatic carbocycles. The molecule has 2 heterocycles. The van der Waals surface area contributed by atoms with Gasteiger partial charge >= 0.3 is 0 Å². The summed E-state index contributed by atoms with van der Waals surface area (Å²) in [6, 6.07) is 3.84. The Morgan fingerprint density at radius 3 is 2.71 bits per heavy atom. The lowest BCUT2D eigenvalue weighted by molar-refractivity contribution is -0.0146. The summed E-state index contributed by atoms with van der Waals surface area (Å²) >= 11 is 3.46. The summed E-state index contributed by atoms with van der Waals surface area (Å²) in [4.78, 5) is 4.44. The number of aromatic nitrogens is 3. The zero-order valence-electron chi connectivity index (χ0n) is 12.4. The van der Waals surface area contributed by atoms with Gasteiger partial charge in [0.15, 0.2) is 5.65 Å². The smallest absolute Gasteiger partial charge is 0.243 e. The summed E-state index contributed by atoms with van der Waals surface area (Å²) in [6.45, 7) is 5.03. The van der Waals surface area contributed by atoms with E-state index in [0.717, 1.165) is 35.8 Å². The fourth-order valence-electron chi connectivity index (χ4n) is 2.76. The molecule has 3 rings (SSSR count). The van der Waals surface area contributed by atoms with Crippen LogP contribution in [-0.4, -0.2) is 31.9 Å². The van der Waals surface area contributed by atoms with E-state index in [1.807, 2.05) is 18.3 Å². The summed E-state index contributed by atoms with van der Waals surface area (Å²) in [6.07, 6.45) is 5.61. The molecule has 114 valence electrons. The van der Waals surface area contributed by atoms with E-state index in [4.69, 9.17) is 0 Å². The van der Waals surface area contributed by atoms with Gasteiger partial charge in [-0.1, -0.05) is 13.8 Å². The second kappa shape index (κ2) is 5.25. The van der Waals surface area contributed by atoms with Crippen LogP contribution in [0.5, 0.6) is 0 Å². The molecule has 1 fully saturated rings. The Morgan fingerprint density at radius 1 is 1.33 bits per heavy atom. The second-order valence-electron chi connectivity index (χ2n) is 6.80. The van der Waals surface area contributed by atoms with Gasteiger partial charge in [0.2, 0.25) is 5.95 Å². The molecule has 1 saturated carbocycles. The Labute approximate surface area is 132 Å². The van der Waals surface area contributed by atoms with Crippen molar-refractivity contribution >= 4 is 27.5 Å². The first-order chi connectivity index (χ1) is 9.87. The van der Waals surface area contributed by atoms with Gasteiger partial charge in [-0.2, -0.15) is 4.98 Å². The van der Waals surface area contributed by atoms with Gasteiger partial charge in [-0.15, -0.1) is 5.10 Å². The molecule has 0 bridgehead atoms. The Morgan fingerprint density at radius 2 is 2.05 bits per heavy atom. The normalized spacial score (nSPS) is 20.6. The van der Waals surface area contributed by atoms with Gasteiger partial charge in [-0.25, -0.2) is 4.52 Å². The molecule has 21 heavy (non-hydrogen) atoms. The third-order valence-corrected chi connectivity index (χ3v) is 5.04. The summed E-state index contributed by atoms with van der Waals surface area (Å²) in [5.74, 6) is 0.556. The van der Waals surface area contributed by atoms with Gasteiger partial charge in [0.05, 0.1) is 10.1 Å². The van der Waals surface area contributed by atoms with E-state index < -0.39 is 5.60 Å². The van der Waals surface area contributed by atoms with Crippen molar-refractivity contribution in [2.75, 3.05) is 11.9 Å². The van der Waals surface area contributed by atoms with Crippen LogP contribution < -0.4 is 5.32 Å². The van der Waals surface area contributed by atoms with Crippen LogP contribution in [0.2, 0.25) is 0 Å². The lowest BCUT2D eigenvalue weighted by atomic mass is 9.71. The van der Waals surface area contributed by atoms with Gasteiger partial charge in [0.1, 0.15) is 0 Å². The predicted molar refractivity (Wildman–Crippen MR) is 86.4 cm³/mol. The quantitative estimate of drug-likeness (QED) is 0.889. The molecule has 0 atom stereocenters. The van der Waals surface area contributed by atoms with Gasteiger partial charge in [0.25, 0.3) is 0 Å². The standard InChI is InChI=1S/C15H21BrN4O/c1-14(2)5-7-15(21,8-6-14)10-17-13-18-12-11(16)4-3-9-20(12)19-13/h3-4,9,21H,5-8,10H2,1-2H3,(H,17,19). The van der Waals surface area contributed by atoms with Crippen molar-refractivity contribution in [2.45, 2.75) is 45.1 Å². The number of nitrogens with zero attached hydrogens (tertiary/aromatic N) is 3. The van der Waals surface area contributed by atoms with Crippen molar-refractivity contribution in [1.29, 1.82) is 0 Å². The van der Waals surface area contributed by atoms with E-state index in [-0.39, 0.29) is 0 Å². The average molecular weight is 353 g/mol. The number of nitrogens with one attached hydrogen (secondary N) is 1. The number of aliphatic hydroxyl groups is 1. The Hall–Kier alpha value is -1.14. The van der Waals surface area contributed by atoms with Crippen LogP contribution in [0.15, 0.2) is 22.8 Å². The highest BCUT2D eigenvalue weighted by Crippen LogP contribution is 2.40. The van der Waals surface area contributed by atoms with Gasteiger partial charge in [0, 0.05) is 12.7 Å². The van der Waals surface area contributed by atoms with E-state index in [1.54, 1.807) is 4.52 Å². The molecule has 0 aromatic carbocycles. The number of hydrogen-bond donors (Lipinski definition) is 2. The number of anilines is 1. The van der Waals surface area contributed by atoms with E-state index in [0.29, 0.717) is 17.9 Å². The Kier molecular flexibility index (Phi) is 3.69. The summed E-state index contributed by atoms with van der Waals surface area (Å²) in [5.41, 5.74) is 0.472. The maximum Gasteiger partial charge on any atom is 0.243 e. The third kappa shape index (κ3) is 3.21. The third-order valence-electron chi connectivity index (χ3n) is 4.42. The largest absolute Gasteiger partial charge is 0.388 e. The van der Waals surface area contributed by atoms with E-state index >= 15 is 0 Å². The van der Waals surface area contributed by atoms with Crippen LogP contribution in [0.4, 0.5) is 5.95 Å². The molecule has 1 aliphatic rings. The Balaban J connectivity index is 1.68. The zero-order chi connectivity index (χ0) is 15.1. The van der Waals surface area contributed by atoms with Crippen LogP contribution >= 0.6 is 15.9 Å².